The molecule has 0 amide bonds. The van der Waals surface area contributed by atoms with Crippen molar-refractivity contribution in [3.05, 3.63) is 178 Å². The number of para-hydroxylation sites is 4. The van der Waals surface area contributed by atoms with Crippen molar-refractivity contribution in [2.75, 3.05) is 19.6 Å². The molecule has 282 valence electrons. The molecule has 0 unspecified atom stereocenters. The van der Waals surface area contributed by atoms with Gasteiger partial charge >= 0.3 is 0 Å². The molecule has 0 aliphatic carbocycles. The lowest BCUT2D eigenvalue weighted by atomic mass is 10.1. The fourth-order valence-electron chi connectivity index (χ4n) is 8.22. The average Bonchev–Trinajstić information content (AvgIpc) is 3.87. The first kappa shape index (κ1) is 39.7. The number of rotatable bonds is 6. The molecule has 3 aromatic heterocycles. The maximum Gasteiger partial charge on any atom is 0.104 e. The topological polar surface area (TPSA) is 9.34 Å². The summed E-state index contributed by atoms with van der Waals surface area (Å²) in [4.78, 5) is 0. The highest BCUT2D eigenvalue weighted by Crippen LogP contribution is 2.39. The lowest BCUT2D eigenvalue weighted by Crippen LogP contribution is -3.00. The Kier molecular flexibility index (Phi) is 12.0. The van der Waals surface area contributed by atoms with Crippen molar-refractivity contribution < 1.29 is 16.9 Å². The monoisotopic (exact) mass is 857 g/mol. The predicted molar refractivity (Wildman–Crippen MR) is 242 cm³/mol. The number of nitrogens with zero attached hydrogens (tertiary/aromatic N) is 3. The molecule has 0 atom stereocenters. The van der Waals surface area contributed by atoms with Crippen LogP contribution in [0.15, 0.2) is 162 Å². The van der Waals surface area contributed by atoms with Crippen molar-refractivity contribution in [1.29, 1.82) is 0 Å². The molecular weight excluding hydrogens is 817 g/mol. The van der Waals surface area contributed by atoms with Gasteiger partial charge in [-0.25, -0.2) is 0 Å². The summed E-state index contributed by atoms with van der Waals surface area (Å²) in [5.74, 6) is 0. The molecule has 0 aliphatic heterocycles. The van der Waals surface area contributed by atoms with Crippen molar-refractivity contribution in [3.63, 3.8) is 0 Å². The number of hydrogen-bond acceptors (Lipinski definition) is 0. The summed E-state index contributed by atoms with van der Waals surface area (Å²) in [7, 11) is 0. The maximum atomic E-state index is 6.21. The maximum absolute atomic E-state index is 6.21. The molecule has 56 heavy (non-hydrogen) atoms. The molecule has 0 aliphatic rings. The van der Waals surface area contributed by atoms with E-state index in [1.807, 2.05) is 24.3 Å². The summed E-state index contributed by atoms with van der Waals surface area (Å²) in [5, 5.41) is 9.18. The lowest BCUT2D eigenvalue weighted by molar-refractivity contribution is -0.936. The van der Waals surface area contributed by atoms with Crippen LogP contribution in [-0.4, -0.2) is 33.1 Å². The Bertz CT molecular complexity index is 2850. The predicted octanol–water partition coefficient (Wildman–Crippen LogP) is 11.8. The van der Waals surface area contributed by atoms with Crippen LogP contribution in [0.4, 0.5) is 0 Å². The number of hydrogen-bond donors (Lipinski definition) is 0. The van der Waals surface area contributed by atoms with Gasteiger partial charge in [0.15, 0.2) is 0 Å². The van der Waals surface area contributed by atoms with Crippen LogP contribution in [0.25, 0.3) is 65.6 Å². The minimum Gasteiger partial charge on any atom is -1.00 e. The highest BCUT2D eigenvalue weighted by molar-refractivity contribution is 9.10. The molecule has 0 saturated heterocycles. The molecular formula is C49H43BrCl3N3. The van der Waals surface area contributed by atoms with Crippen molar-refractivity contribution in [1.82, 2.24) is 8.97 Å². The third-order valence-electron chi connectivity index (χ3n) is 11.3. The highest BCUT2D eigenvalue weighted by atomic mass is 79.9. The number of quaternary nitrogens is 1. The number of benzene rings is 7. The molecule has 10 aromatic rings. The van der Waals surface area contributed by atoms with Crippen molar-refractivity contribution in [3.8, 4) is 5.69 Å². The molecule has 7 heteroatoms. The van der Waals surface area contributed by atoms with E-state index in [2.05, 4.69) is 179 Å². The molecule has 10 rings (SSSR count). The van der Waals surface area contributed by atoms with Gasteiger partial charge < -0.3 is 25.9 Å². The van der Waals surface area contributed by atoms with Crippen LogP contribution >= 0.6 is 39.1 Å². The molecule has 0 N–H and O–H groups in total. The van der Waals surface area contributed by atoms with E-state index in [0.29, 0.717) is 0 Å². The van der Waals surface area contributed by atoms with Crippen molar-refractivity contribution in [2.24, 2.45) is 0 Å². The minimum absolute atomic E-state index is 0. The zero-order chi connectivity index (χ0) is 38.1. The summed E-state index contributed by atoms with van der Waals surface area (Å²) in [5.41, 5.74) is 8.60. The van der Waals surface area contributed by atoms with Gasteiger partial charge in [0.05, 0.1) is 52.9 Å². The Balaban J connectivity index is 0.000000131. The first-order chi connectivity index (χ1) is 26.9. The molecule has 0 bridgehead atoms. The Morgan fingerprint density at radius 1 is 0.482 bits per heavy atom. The average molecular weight is 860 g/mol. The van der Waals surface area contributed by atoms with Gasteiger partial charge in [-0.3, -0.25) is 0 Å². The van der Waals surface area contributed by atoms with E-state index in [1.165, 1.54) is 96.1 Å². The van der Waals surface area contributed by atoms with Crippen LogP contribution < -0.4 is 12.4 Å². The van der Waals surface area contributed by atoms with Crippen LogP contribution in [0, 0.1) is 0 Å². The van der Waals surface area contributed by atoms with E-state index >= 15 is 0 Å². The molecule has 3 heterocycles. The molecule has 0 fully saturated rings. The van der Waals surface area contributed by atoms with Crippen LogP contribution in [0.2, 0.25) is 10.0 Å². The van der Waals surface area contributed by atoms with Gasteiger partial charge in [0.1, 0.15) is 6.54 Å². The first-order valence-corrected chi connectivity index (χ1v) is 20.6. The van der Waals surface area contributed by atoms with Gasteiger partial charge in [-0.2, -0.15) is 0 Å². The minimum atomic E-state index is 0. The SMILES string of the molecule is CC[N+](CC)(CC)Cc1ccccc1.Clc1ccc(Br)c(-n2c3ccccc3c3ccccc32)c1.Clc1ccc2c3cccc4c5ccccc5n(c2c1)c43.[Cl-]. The highest BCUT2D eigenvalue weighted by Gasteiger charge is 2.21. The molecule has 0 spiro atoms. The first-order valence-electron chi connectivity index (χ1n) is 19.0. The van der Waals surface area contributed by atoms with E-state index in [-0.39, 0.29) is 12.4 Å². The van der Waals surface area contributed by atoms with E-state index in [0.717, 1.165) is 20.2 Å². The summed E-state index contributed by atoms with van der Waals surface area (Å²) < 4.78 is 6.81. The summed E-state index contributed by atoms with van der Waals surface area (Å²) in [6.07, 6.45) is 0. The molecule has 3 nitrogen and oxygen atoms in total. The molecule has 7 aromatic carbocycles. The van der Waals surface area contributed by atoms with Gasteiger partial charge in [-0.05, 0) is 85.2 Å². The fraction of sp³-hybridized carbons (Fsp3) is 0.143. The van der Waals surface area contributed by atoms with Crippen LogP contribution in [0.5, 0.6) is 0 Å². The third-order valence-corrected chi connectivity index (χ3v) is 12.4. The van der Waals surface area contributed by atoms with Gasteiger partial charge in [0.25, 0.3) is 0 Å². The standard InChI is InChI=1S/C18H11BrClN.C18H10ClN.C13H22N.ClH/c19-15-10-9-12(20)11-18(15)21-16-7-3-1-5-13(16)14-6-2-4-8-17(14)21;19-11-8-9-13-15-6-3-5-14-12-4-1-2-7-16(12)20(18(14)15)17(13)10-11;1-4-14(5-2,6-3)12-13-10-8-7-9-11-13;/h1-11H;1-10H;7-11H,4-6,12H2,1-3H3;1H/q;;+1;/p-1. The quantitative estimate of drug-likeness (QED) is 0.147. The zero-order valence-electron chi connectivity index (χ0n) is 31.7. The van der Waals surface area contributed by atoms with Gasteiger partial charge in [-0.1, -0.05) is 132 Å². The normalized spacial score (nSPS) is 11.5. The van der Waals surface area contributed by atoms with Crippen molar-refractivity contribution >= 4 is 99.0 Å². The second-order valence-electron chi connectivity index (χ2n) is 14.1. The van der Waals surface area contributed by atoms with E-state index in [4.69, 9.17) is 23.2 Å². The largest absolute Gasteiger partial charge is 1.00 e. The second-order valence-corrected chi connectivity index (χ2v) is 15.8. The lowest BCUT2D eigenvalue weighted by Gasteiger charge is -2.35. The zero-order valence-corrected chi connectivity index (χ0v) is 35.5. The summed E-state index contributed by atoms with van der Waals surface area (Å²) in [6, 6.07) is 54.8. The fourth-order valence-corrected chi connectivity index (χ4v) is 8.98. The Labute approximate surface area is 353 Å². The van der Waals surface area contributed by atoms with Gasteiger partial charge in [-0.15, -0.1) is 0 Å². The summed E-state index contributed by atoms with van der Waals surface area (Å²) >= 11 is 16.1. The Morgan fingerprint density at radius 3 is 1.54 bits per heavy atom. The van der Waals surface area contributed by atoms with E-state index in [9.17, 15) is 0 Å². The van der Waals surface area contributed by atoms with Gasteiger partial charge in [0, 0.05) is 52.4 Å². The Morgan fingerprint density at radius 2 is 0.946 bits per heavy atom. The van der Waals surface area contributed by atoms with Crippen LogP contribution in [0.1, 0.15) is 26.3 Å². The number of aromatic nitrogens is 2. The van der Waals surface area contributed by atoms with E-state index < -0.39 is 0 Å². The third kappa shape index (κ3) is 7.26. The van der Waals surface area contributed by atoms with Gasteiger partial charge in [0.2, 0.25) is 0 Å². The van der Waals surface area contributed by atoms with Crippen molar-refractivity contribution in [2.45, 2.75) is 27.3 Å². The van der Waals surface area contributed by atoms with E-state index in [1.54, 1.807) is 0 Å². The molecule has 0 saturated carbocycles. The smallest absolute Gasteiger partial charge is 0.104 e. The Hall–Kier alpha value is -4.55. The van der Waals surface area contributed by atoms with Crippen LogP contribution in [-0.2, 0) is 6.54 Å². The molecule has 0 radical (unpaired) electrons. The number of fused-ring (bicyclic) bond motifs is 9. The second kappa shape index (κ2) is 16.9. The van der Waals surface area contributed by atoms with Crippen LogP contribution in [0.3, 0.4) is 0 Å². The number of halogens is 4. The summed E-state index contributed by atoms with van der Waals surface area (Å²) in [6.45, 7) is 11.7.